The van der Waals surface area contributed by atoms with Gasteiger partial charge in [0.1, 0.15) is 18.2 Å². The number of halogens is 1. The van der Waals surface area contributed by atoms with Gasteiger partial charge >= 0.3 is 5.97 Å². The maximum absolute atomic E-state index is 12.8. The third-order valence-corrected chi connectivity index (χ3v) is 2.77. The molecule has 20 heavy (non-hydrogen) atoms. The van der Waals surface area contributed by atoms with Crippen molar-refractivity contribution in [2.75, 3.05) is 0 Å². The third-order valence-electron chi connectivity index (χ3n) is 2.77. The smallest absolute Gasteiger partial charge is 0.354 e. The van der Waals surface area contributed by atoms with Gasteiger partial charge in [-0.05, 0) is 38.1 Å². The van der Waals surface area contributed by atoms with Crippen molar-refractivity contribution in [3.8, 4) is 5.75 Å². The van der Waals surface area contributed by atoms with E-state index >= 15 is 0 Å². The minimum atomic E-state index is -1.05. The fourth-order valence-corrected chi connectivity index (χ4v) is 1.82. The van der Waals surface area contributed by atoms with Gasteiger partial charge in [0.05, 0.1) is 6.20 Å². The highest BCUT2D eigenvalue weighted by atomic mass is 19.1. The lowest BCUT2D eigenvalue weighted by Crippen LogP contribution is -2.14. The quantitative estimate of drug-likeness (QED) is 0.913. The van der Waals surface area contributed by atoms with Crippen molar-refractivity contribution in [3.05, 3.63) is 47.5 Å². The fraction of sp³-hybridized carbons (Fsp3) is 0.286. The first-order valence-corrected chi connectivity index (χ1v) is 6.17. The predicted octanol–water partition coefficient (Wildman–Crippen LogP) is 2.88. The zero-order chi connectivity index (χ0) is 14.7. The number of ether oxygens (including phenoxy) is 1. The van der Waals surface area contributed by atoms with Crippen LogP contribution in [0.5, 0.6) is 5.75 Å². The van der Waals surface area contributed by atoms with Gasteiger partial charge in [-0.3, -0.25) is 4.68 Å². The minimum Gasteiger partial charge on any atom is -0.489 e. The number of rotatable bonds is 5. The number of hydrogen-bond donors (Lipinski definition) is 1. The summed E-state index contributed by atoms with van der Waals surface area (Å²) in [4.78, 5) is 11.3. The molecule has 0 aliphatic heterocycles. The molecule has 1 heterocycles. The van der Waals surface area contributed by atoms with Crippen LogP contribution in [0.2, 0.25) is 0 Å². The topological polar surface area (TPSA) is 64.4 Å². The van der Waals surface area contributed by atoms with Gasteiger partial charge in [0.25, 0.3) is 0 Å². The molecule has 5 nitrogen and oxygen atoms in total. The molecule has 2 rings (SSSR count). The Morgan fingerprint density at radius 2 is 2.05 bits per heavy atom. The van der Waals surface area contributed by atoms with Crippen molar-refractivity contribution in [2.24, 2.45) is 0 Å². The van der Waals surface area contributed by atoms with Gasteiger partial charge in [-0.25, -0.2) is 9.18 Å². The maximum atomic E-state index is 12.8. The number of carboxylic acid groups (broad SMARTS) is 1. The Morgan fingerprint density at radius 1 is 1.40 bits per heavy atom. The number of carbonyl (C=O) groups is 1. The first-order valence-electron chi connectivity index (χ1n) is 6.17. The van der Waals surface area contributed by atoms with Crippen molar-refractivity contribution < 1.29 is 19.0 Å². The summed E-state index contributed by atoms with van der Waals surface area (Å²) in [6, 6.07) is 5.49. The summed E-state index contributed by atoms with van der Waals surface area (Å²) < 4.78 is 19.6. The van der Waals surface area contributed by atoms with E-state index in [-0.39, 0.29) is 24.2 Å². The average Bonchev–Trinajstić information content (AvgIpc) is 2.82. The highest BCUT2D eigenvalue weighted by Crippen LogP contribution is 2.18. The van der Waals surface area contributed by atoms with Crippen LogP contribution in [0.1, 0.15) is 35.9 Å². The molecule has 106 valence electrons. The van der Waals surface area contributed by atoms with E-state index in [2.05, 4.69) is 5.10 Å². The molecule has 0 amide bonds. The molecule has 0 spiro atoms. The summed E-state index contributed by atoms with van der Waals surface area (Å²) in [6.45, 7) is 3.77. The summed E-state index contributed by atoms with van der Waals surface area (Å²) in [7, 11) is 0. The summed E-state index contributed by atoms with van der Waals surface area (Å²) in [5, 5.41) is 13.3. The lowest BCUT2D eigenvalue weighted by atomic mass is 10.2. The molecule has 0 aliphatic rings. The molecule has 6 heteroatoms. The third kappa shape index (κ3) is 2.96. The van der Waals surface area contributed by atoms with Gasteiger partial charge in [0, 0.05) is 11.6 Å². The first kappa shape index (κ1) is 14.0. The van der Waals surface area contributed by atoms with Crippen LogP contribution in [0.3, 0.4) is 0 Å². The second-order valence-electron chi connectivity index (χ2n) is 4.60. The largest absolute Gasteiger partial charge is 0.489 e. The Balaban J connectivity index is 2.17. The van der Waals surface area contributed by atoms with Crippen molar-refractivity contribution in [2.45, 2.75) is 26.5 Å². The molecule has 1 aromatic heterocycles. The number of nitrogens with zero attached hydrogens (tertiary/aromatic N) is 2. The fourth-order valence-electron chi connectivity index (χ4n) is 1.82. The predicted molar refractivity (Wildman–Crippen MR) is 70.3 cm³/mol. The normalized spacial score (nSPS) is 10.8. The van der Waals surface area contributed by atoms with Gasteiger partial charge in [0.15, 0.2) is 5.69 Å². The van der Waals surface area contributed by atoms with E-state index in [9.17, 15) is 14.3 Å². The number of aromatic nitrogens is 2. The second-order valence-corrected chi connectivity index (χ2v) is 4.60. The Morgan fingerprint density at radius 3 is 2.60 bits per heavy atom. The molecule has 0 aliphatic carbocycles. The van der Waals surface area contributed by atoms with E-state index in [0.717, 1.165) is 0 Å². The van der Waals surface area contributed by atoms with E-state index in [4.69, 9.17) is 4.74 Å². The van der Waals surface area contributed by atoms with Crippen LogP contribution in [0, 0.1) is 5.82 Å². The standard InChI is InChI=1S/C14H15FN2O3/c1-9(2)17-13(14(18)19)10(7-16-17)8-20-12-5-3-11(15)4-6-12/h3-7,9H,8H2,1-2H3,(H,18,19). The van der Waals surface area contributed by atoms with Crippen molar-refractivity contribution in [1.29, 1.82) is 0 Å². The van der Waals surface area contributed by atoms with Gasteiger partial charge in [0.2, 0.25) is 0 Å². The molecular formula is C14H15FN2O3. The van der Waals surface area contributed by atoms with Crippen LogP contribution in [0.4, 0.5) is 4.39 Å². The monoisotopic (exact) mass is 278 g/mol. The number of hydrogen-bond acceptors (Lipinski definition) is 3. The molecule has 0 bridgehead atoms. The van der Waals surface area contributed by atoms with Gasteiger partial charge in [-0.1, -0.05) is 0 Å². The van der Waals surface area contributed by atoms with Crippen LogP contribution >= 0.6 is 0 Å². The zero-order valence-electron chi connectivity index (χ0n) is 11.2. The summed E-state index contributed by atoms with van der Waals surface area (Å²) in [5.41, 5.74) is 0.595. The van der Waals surface area contributed by atoms with Crippen molar-refractivity contribution in [3.63, 3.8) is 0 Å². The molecule has 2 aromatic rings. The number of aromatic carboxylic acids is 1. The Kier molecular flexibility index (Phi) is 4.02. The maximum Gasteiger partial charge on any atom is 0.354 e. The second kappa shape index (κ2) is 5.73. The average molecular weight is 278 g/mol. The van der Waals surface area contributed by atoms with Crippen LogP contribution < -0.4 is 4.74 Å². The van der Waals surface area contributed by atoms with Crippen LogP contribution in [-0.4, -0.2) is 20.9 Å². The lowest BCUT2D eigenvalue weighted by Gasteiger charge is -2.10. The SMILES string of the molecule is CC(C)n1ncc(COc2ccc(F)cc2)c1C(=O)O. The Hall–Kier alpha value is -2.37. The molecule has 0 saturated heterocycles. The number of carboxylic acids is 1. The van der Waals surface area contributed by atoms with Crippen molar-refractivity contribution in [1.82, 2.24) is 9.78 Å². The first-order chi connectivity index (χ1) is 9.49. The van der Waals surface area contributed by atoms with E-state index in [1.165, 1.54) is 35.1 Å². The van der Waals surface area contributed by atoms with Crippen LogP contribution in [-0.2, 0) is 6.61 Å². The van der Waals surface area contributed by atoms with Crippen molar-refractivity contribution >= 4 is 5.97 Å². The Bertz CT molecular complexity index is 605. The highest BCUT2D eigenvalue weighted by molar-refractivity contribution is 5.87. The van der Waals surface area contributed by atoms with E-state index in [1.807, 2.05) is 13.8 Å². The molecule has 0 saturated carbocycles. The molecule has 1 aromatic carbocycles. The summed E-state index contributed by atoms with van der Waals surface area (Å²) in [6.07, 6.45) is 1.48. The molecule has 0 unspecified atom stereocenters. The molecule has 0 atom stereocenters. The molecule has 0 fully saturated rings. The van der Waals surface area contributed by atoms with Gasteiger partial charge < -0.3 is 9.84 Å². The van der Waals surface area contributed by atoms with E-state index in [0.29, 0.717) is 11.3 Å². The minimum absolute atomic E-state index is 0.0549. The van der Waals surface area contributed by atoms with Gasteiger partial charge in [-0.2, -0.15) is 5.10 Å². The summed E-state index contributed by atoms with van der Waals surface area (Å²) >= 11 is 0. The van der Waals surface area contributed by atoms with E-state index < -0.39 is 5.97 Å². The van der Waals surface area contributed by atoms with Gasteiger partial charge in [-0.15, -0.1) is 0 Å². The lowest BCUT2D eigenvalue weighted by molar-refractivity contribution is 0.0678. The summed E-state index contributed by atoms with van der Waals surface area (Å²) in [5.74, 6) is -0.926. The molecule has 0 radical (unpaired) electrons. The molecular weight excluding hydrogens is 263 g/mol. The zero-order valence-corrected chi connectivity index (χ0v) is 11.2. The molecule has 1 N–H and O–H groups in total. The highest BCUT2D eigenvalue weighted by Gasteiger charge is 2.19. The van der Waals surface area contributed by atoms with E-state index in [1.54, 1.807) is 0 Å². The van der Waals surface area contributed by atoms with Crippen LogP contribution in [0.15, 0.2) is 30.5 Å². The Labute approximate surface area is 115 Å². The number of benzene rings is 1. The van der Waals surface area contributed by atoms with Crippen LogP contribution in [0.25, 0.3) is 0 Å².